The molecule has 16 heavy (non-hydrogen) atoms. The Labute approximate surface area is 96.2 Å². The van der Waals surface area contributed by atoms with E-state index in [1.807, 2.05) is 31.2 Å². The van der Waals surface area contributed by atoms with Crippen LogP contribution in [0.4, 0.5) is 5.69 Å². The highest BCUT2D eigenvalue weighted by atomic mass is 16.2. The molecule has 0 heterocycles. The highest BCUT2D eigenvalue weighted by molar-refractivity contribution is 5.96. The lowest BCUT2D eigenvalue weighted by atomic mass is 10.1. The molecular formula is C13H16N2O. The molecule has 84 valence electrons. The fourth-order valence-electron chi connectivity index (χ4n) is 1.36. The van der Waals surface area contributed by atoms with Gasteiger partial charge in [0.25, 0.3) is 0 Å². The number of rotatable bonds is 3. The molecule has 3 nitrogen and oxygen atoms in total. The molecule has 1 aromatic rings. The number of benzene rings is 1. The van der Waals surface area contributed by atoms with Gasteiger partial charge in [0.2, 0.25) is 5.91 Å². The second-order valence-electron chi connectivity index (χ2n) is 3.75. The van der Waals surface area contributed by atoms with Crippen LogP contribution in [0.25, 0.3) is 0 Å². The first-order chi connectivity index (χ1) is 7.56. The van der Waals surface area contributed by atoms with Gasteiger partial charge in [0.15, 0.2) is 0 Å². The van der Waals surface area contributed by atoms with Gasteiger partial charge in [-0.1, -0.05) is 17.7 Å². The Morgan fingerprint density at radius 2 is 2.06 bits per heavy atom. The average Bonchev–Trinajstić information content (AvgIpc) is 2.28. The summed E-state index contributed by atoms with van der Waals surface area (Å²) in [5, 5.41) is 0. The molecule has 0 saturated carbocycles. The molecule has 0 aliphatic carbocycles. The van der Waals surface area contributed by atoms with Gasteiger partial charge in [-0.05, 0) is 19.1 Å². The third-order valence-electron chi connectivity index (χ3n) is 2.41. The van der Waals surface area contributed by atoms with Gasteiger partial charge in [0, 0.05) is 19.2 Å². The number of nitrogens with two attached hydrogens (primary N) is 1. The third kappa shape index (κ3) is 2.85. The quantitative estimate of drug-likeness (QED) is 0.774. The van der Waals surface area contributed by atoms with Crippen molar-refractivity contribution in [3.8, 4) is 12.3 Å². The molecule has 0 spiro atoms. The lowest BCUT2D eigenvalue weighted by Gasteiger charge is -2.20. The van der Waals surface area contributed by atoms with E-state index in [4.69, 9.17) is 12.2 Å². The van der Waals surface area contributed by atoms with Gasteiger partial charge in [-0.2, -0.15) is 0 Å². The van der Waals surface area contributed by atoms with E-state index in [1.165, 1.54) is 4.90 Å². The Morgan fingerprint density at radius 3 is 2.56 bits per heavy atom. The van der Waals surface area contributed by atoms with Crippen molar-refractivity contribution in [1.29, 1.82) is 0 Å². The van der Waals surface area contributed by atoms with Gasteiger partial charge in [-0.25, -0.2) is 0 Å². The van der Waals surface area contributed by atoms with Crippen LogP contribution in [0.1, 0.15) is 12.0 Å². The topological polar surface area (TPSA) is 46.3 Å². The molecule has 0 aliphatic heterocycles. The van der Waals surface area contributed by atoms with E-state index in [2.05, 4.69) is 5.92 Å². The van der Waals surface area contributed by atoms with Crippen LogP contribution in [0.3, 0.4) is 0 Å². The zero-order chi connectivity index (χ0) is 12.1. The molecule has 2 N–H and O–H groups in total. The number of aryl methyl sites for hydroxylation is 1. The van der Waals surface area contributed by atoms with Crippen LogP contribution in [0.15, 0.2) is 24.3 Å². The minimum Gasteiger partial charge on any atom is -0.319 e. The van der Waals surface area contributed by atoms with Crippen molar-refractivity contribution in [2.24, 2.45) is 5.73 Å². The lowest BCUT2D eigenvalue weighted by molar-refractivity contribution is -0.119. The van der Waals surface area contributed by atoms with E-state index < -0.39 is 6.04 Å². The molecule has 1 amide bonds. The van der Waals surface area contributed by atoms with Crippen LogP contribution in [0, 0.1) is 19.3 Å². The zero-order valence-electron chi connectivity index (χ0n) is 9.60. The highest BCUT2D eigenvalue weighted by Crippen LogP contribution is 2.14. The molecule has 1 atom stereocenters. The lowest BCUT2D eigenvalue weighted by Crippen LogP contribution is -2.41. The van der Waals surface area contributed by atoms with E-state index in [1.54, 1.807) is 7.05 Å². The Morgan fingerprint density at radius 1 is 1.50 bits per heavy atom. The van der Waals surface area contributed by atoms with Crippen LogP contribution in [-0.4, -0.2) is 19.0 Å². The first-order valence-corrected chi connectivity index (χ1v) is 5.09. The van der Waals surface area contributed by atoms with Gasteiger partial charge >= 0.3 is 0 Å². The van der Waals surface area contributed by atoms with E-state index in [0.717, 1.165) is 11.3 Å². The van der Waals surface area contributed by atoms with Crippen molar-refractivity contribution >= 4 is 11.6 Å². The summed E-state index contributed by atoms with van der Waals surface area (Å²) < 4.78 is 0. The maximum atomic E-state index is 11.8. The van der Waals surface area contributed by atoms with E-state index >= 15 is 0 Å². The van der Waals surface area contributed by atoms with Crippen LogP contribution in [0.2, 0.25) is 0 Å². The summed E-state index contributed by atoms with van der Waals surface area (Å²) in [5.41, 5.74) is 7.63. The zero-order valence-corrected chi connectivity index (χ0v) is 9.60. The Bertz CT molecular complexity index is 403. The molecule has 3 heteroatoms. The number of terminal acetylenes is 1. The number of anilines is 1. The molecule has 0 aromatic heterocycles. The number of likely N-dealkylation sites (N-methyl/N-ethyl adjacent to an activating group) is 1. The molecule has 0 fully saturated rings. The number of amides is 1. The molecule has 0 aliphatic rings. The molecule has 1 aromatic carbocycles. The predicted molar refractivity (Wildman–Crippen MR) is 66.0 cm³/mol. The van der Waals surface area contributed by atoms with Gasteiger partial charge in [-0.3, -0.25) is 4.79 Å². The average molecular weight is 216 g/mol. The summed E-state index contributed by atoms with van der Waals surface area (Å²) in [6.45, 7) is 2.00. The van der Waals surface area contributed by atoms with Crippen molar-refractivity contribution in [1.82, 2.24) is 0 Å². The van der Waals surface area contributed by atoms with Crippen LogP contribution in [0.5, 0.6) is 0 Å². The SMILES string of the molecule is C#CCC(N)C(=O)N(C)c1ccc(C)cc1. The number of carbonyl (C=O) groups excluding carboxylic acids is 1. The normalized spacial score (nSPS) is 11.6. The van der Waals surface area contributed by atoms with E-state index in [-0.39, 0.29) is 12.3 Å². The van der Waals surface area contributed by atoms with Crippen molar-refractivity contribution in [3.05, 3.63) is 29.8 Å². The highest BCUT2D eigenvalue weighted by Gasteiger charge is 2.17. The maximum Gasteiger partial charge on any atom is 0.244 e. The second-order valence-corrected chi connectivity index (χ2v) is 3.75. The van der Waals surface area contributed by atoms with E-state index in [9.17, 15) is 4.79 Å². The van der Waals surface area contributed by atoms with Crippen molar-refractivity contribution in [2.45, 2.75) is 19.4 Å². The van der Waals surface area contributed by atoms with Crippen LogP contribution < -0.4 is 10.6 Å². The van der Waals surface area contributed by atoms with Gasteiger partial charge in [0.05, 0.1) is 6.04 Å². The molecule has 1 unspecified atom stereocenters. The maximum absolute atomic E-state index is 11.8. The minimum absolute atomic E-state index is 0.165. The smallest absolute Gasteiger partial charge is 0.244 e. The number of hydrogen-bond donors (Lipinski definition) is 1. The molecule has 1 rings (SSSR count). The summed E-state index contributed by atoms with van der Waals surface area (Å²) >= 11 is 0. The van der Waals surface area contributed by atoms with Gasteiger partial charge in [-0.15, -0.1) is 12.3 Å². The minimum atomic E-state index is -0.628. The number of hydrogen-bond acceptors (Lipinski definition) is 2. The molecule has 0 bridgehead atoms. The summed E-state index contributed by atoms with van der Waals surface area (Å²) in [6, 6.07) is 7.04. The molecule has 0 saturated heterocycles. The summed E-state index contributed by atoms with van der Waals surface area (Å²) in [6.07, 6.45) is 5.38. The molecule has 0 radical (unpaired) electrons. The predicted octanol–water partition coefficient (Wildman–Crippen LogP) is 1.31. The first-order valence-electron chi connectivity index (χ1n) is 5.09. The standard InChI is InChI=1S/C13H16N2O/c1-4-5-12(14)13(16)15(3)11-8-6-10(2)7-9-11/h1,6-9,12H,5,14H2,2-3H3. The van der Waals surface area contributed by atoms with Crippen molar-refractivity contribution in [2.75, 3.05) is 11.9 Å². The summed E-state index contributed by atoms with van der Waals surface area (Å²) in [4.78, 5) is 13.4. The Balaban J connectivity index is 2.78. The second kappa shape index (κ2) is 5.34. The first kappa shape index (κ1) is 12.3. The monoisotopic (exact) mass is 216 g/mol. The van der Waals surface area contributed by atoms with Crippen LogP contribution in [-0.2, 0) is 4.79 Å². The Hall–Kier alpha value is -1.79. The Kier molecular flexibility index (Phi) is 4.10. The van der Waals surface area contributed by atoms with Crippen molar-refractivity contribution < 1.29 is 4.79 Å². The third-order valence-corrected chi connectivity index (χ3v) is 2.41. The molecular weight excluding hydrogens is 200 g/mol. The summed E-state index contributed by atoms with van der Waals surface area (Å²) in [5.74, 6) is 2.23. The van der Waals surface area contributed by atoms with E-state index in [0.29, 0.717) is 0 Å². The number of nitrogens with zero attached hydrogens (tertiary/aromatic N) is 1. The fraction of sp³-hybridized carbons (Fsp3) is 0.308. The number of carbonyl (C=O) groups is 1. The van der Waals surface area contributed by atoms with Gasteiger partial charge < -0.3 is 10.6 Å². The van der Waals surface area contributed by atoms with Gasteiger partial charge in [0.1, 0.15) is 0 Å². The summed E-state index contributed by atoms with van der Waals surface area (Å²) in [7, 11) is 1.70. The van der Waals surface area contributed by atoms with Crippen molar-refractivity contribution in [3.63, 3.8) is 0 Å². The fourth-order valence-corrected chi connectivity index (χ4v) is 1.36. The largest absolute Gasteiger partial charge is 0.319 e. The van der Waals surface area contributed by atoms with Crippen LogP contribution >= 0.6 is 0 Å².